The number of rotatable bonds is 7. The Balaban J connectivity index is 3.35. The van der Waals surface area contributed by atoms with Gasteiger partial charge in [0.2, 0.25) is 0 Å². The van der Waals surface area contributed by atoms with Gasteiger partial charge in [-0.3, -0.25) is 4.55 Å². The van der Waals surface area contributed by atoms with E-state index in [0.29, 0.717) is 5.56 Å². The average Bonchev–Trinajstić information content (AvgIpc) is 2.45. The summed E-state index contributed by atoms with van der Waals surface area (Å²) in [6.07, 6.45) is 1.24. The van der Waals surface area contributed by atoms with Crippen LogP contribution in [0.3, 0.4) is 0 Å². The summed E-state index contributed by atoms with van der Waals surface area (Å²) in [6.45, 7) is 3.31. The number of hydrogen-bond acceptors (Lipinski definition) is 5. The summed E-state index contributed by atoms with van der Waals surface area (Å²) >= 11 is 0. The van der Waals surface area contributed by atoms with Crippen LogP contribution < -0.4 is 4.18 Å². The quantitative estimate of drug-likeness (QED) is 0.419. The van der Waals surface area contributed by atoms with Crippen LogP contribution in [0, 0.1) is 0 Å². The van der Waals surface area contributed by atoms with Crippen molar-refractivity contribution in [2.75, 3.05) is 0 Å². The summed E-state index contributed by atoms with van der Waals surface area (Å²) in [4.78, 5) is 0. The Labute approximate surface area is 137 Å². The molecule has 0 spiro atoms. The number of hydrogen-bond donors (Lipinski definition) is 1. The molecule has 6 nitrogen and oxygen atoms in total. The van der Waals surface area contributed by atoms with Crippen molar-refractivity contribution in [2.45, 2.75) is 16.4 Å². The van der Waals surface area contributed by atoms with E-state index in [-0.39, 0.29) is 0 Å². The average molecular weight is 414 g/mol. The molecule has 0 aliphatic heterocycles. The van der Waals surface area contributed by atoms with Gasteiger partial charge in [0.1, 0.15) is 5.75 Å². The zero-order valence-corrected chi connectivity index (χ0v) is 13.3. The molecule has 0 heterocycles. The molecule has 0 bridgehead atoms. The van der Waals surface area contributed by atoms with E-state index in [2.05, 4.69) is 10.8 Å². The van der Waals surface area contributed by atoms with Crippen LogP contribution >= 0.6 is 0 Å². The summed E-state index contributed by atoms with van der Waals surface area (Å²) in [6, 6.07) is 3.59. The lowest BCUT2D eigenvalue weighted by molar-refractivity contribution is -0.247. The van der Waals surface area contributed by atoms with Crippen LogP contribution in [0.2, 0.25) is 0 Å². The highest BCUT2D eigenvalue weighted by Gasteiger charge is 2.83. The van der Waals surface area contributed by atoms with Gasteiger partial charge in [-0.15, -0.1) is 0 Å². The third-order valence-electron chi connectivity index (χ3n) is 2.69. The highest BCUT2D eigenvalue weighted by Crippen LogP contribution is 2.50. The van der Waals surface area contributed by atoms with Crippen LogP contribution in [0.4, 0.5) is 26.3 Å². The molecule has 1 rings (SSSR count). The lowest BCUT2D eigenvalue weighted by Gasteiger charge is -2.29. The molecule has 142 valence electrons. The van der Waals surface area contributed by atoms with Gasteiger partial charge in [0.05, 0.1) is 0 Å². The van der Waals surface area contributed by atoms with Gasteiger partial charge in [-0.25, -0.2) is 0 Å². The van der Waals surface area contributed by atoms with Crippen molar-refractivity contribution in [3.05, 3.63) is 36.4 Å². The Kier molecular flexibility index (Phi) is 5.25. The summed E-state index contributed by atoms with van der Waals surface area (Å²) in [5.74, 6) is -8.00. The Bertz CT molecular complexity index is 861. The Morgan fingerprint density at radius 2 is 1.36 bits per heavy atom. The lowest BCUT2D eigenvalue weighted by Crippen LogP contribution is -2.61. The number of benzene rings is 1. The molecule has 25 heavy (non-hydrogen) atoms. The van der Waals surface area contributed by atoms with E-state index < -0.39 is 42.4 Å². The topological polar surface area (TPSA) is 97.7 Å². The smallest absolute Gasteiger partial charge is 0.378 e. The highest BCUT2D eigenvalue weighted by atomic mass is 32.2. The Morgan fingerprint density at radius 3 is 1.72 bits per heavy atom. The second kappa shape index (κ2) is 6.17. The Morgan fingerprint density at radius 1 is 0.920 bits per heavy atom. The fourth-order valence-electron chi connectivity index (χ4n) is 1.33. The molecule has 0 saturated carbocycles. The first-order valence-electron chi connectivity index (χ1n) is 5.78. The maximum absolute atomic E-state index is 13.5. The van der Waals surface area contributed by atoms with E-state index in [0.717, 1.165) is 24.3 Å². The molecule has 0 aromatic heterocycles. The van der Waals surface area contributed by atoms with Crippen molar-refractivity contribution in [2.24, 2.45) is 0 Å². The maximum atomic E-state index is 13.5. The molecule has 0 saturated heterocycles. The molecule has 14 heteroatoms. The van der Waals surface area contributed by atoms with Crippen molar-refractivity contribution >= 4 is 26.3 Å². The van der Waals surface area contributed by atoms with Crippen LogP contribution in [0.1, 0.15) is 5.56 Å². The van der Waals surface area contributed by atoms with Crippen molar-refractivity contribution in [1.82, 2.24) is 0 Å². The third kappa shape index (κ3) is 3.46. The van der Waals surface area contributed by atoms with Crippen molar-refractivity contribution in [3.63, 3.8) is 0 Å². The Hall–Kier alpha value is -1.80. The van der Waals surface area contributed by atoms with Gasteiger partial charge in [-0.2, -0.15) is 43.2 Å². The van der Waals surface area contributed by atoms with E-state index >= 15 is 0 Å². The zero-order valence-electron chi connectivity index (χ0n) is 11.7. The highest BCUT2D eigenvalue weighted by molar-refractivity contribution is 7.88. The predicted octanol–water partition coefficient (Wildman–Crippen LogP) is 2.75. The van der Waals surface area contributed by atoms with E-state index in [4.69, 9.17) is 4.55 Å². The third-order valence-corrected chi connectivity index (χ3v) is 4.89. The molecule has 0 fully saturated rings. The molecule has 0 aliphatic carbocycles. The van der Waals surface area contributed by atoms with Gasteiger partial charge in [0.25, 0.3) is 0 Å². The molecule has 0 atom stereocenters. The number of halogens is 6. The van der Waals surface area contributed by atoms with Gasteiger partial charge < -0.3 is 4.18 Å². The van der Waals surface area contributed by atoms with E-state index in [9.17, 15) is 43.2 Å². The van der Waals surface area contributed by atoms with E-state index in [1.807, 2.05) is 0 Å². The molecule has 0 radical (unpaired) electrons. The lowest BCUT2D eigenvalue weighted by atomic mass is 10.2. The molecule has 0 amide bonds. The minimum absolute atomic E-state index is 0.347. The monoisotopic (exact) mass is 414 g/mol. The summed E-state index contributed by atoms with van der Waals surface area (Å²) < 4.78 is 134. The first kappa shape index (κ1) is 21.2. The predicted molar refractivity (Wildman–Crippen MR) is 72.5 cm³/mol. The largest absolute Gasteiger partial charge is 0.450 e. The second-order valence-electron chi connectivity index (χ2n) is 4.39. The van der Waals surface area contributed by atoms with Crippen molar-refractivity contribution in [1.29, 1.82) is 0 Å². The van der Waals surface area contributed by atoms with Crippen LogP contribution in [-0.4, -0.2) is 37.8 Å². The molecule has 0 unspecified atom stereocenters. The van der Waals surface area contributed by atoms with Crippen LogP contribution in [0.15, 0.2) is 30.8 Å². The molecular weight excluding hydrogens is 406 g/mol. The molecule has 1 aromatic rings. The van der Waals surface area contributed by atoms with Crippen LogP contribution in [0.5, 0.6) is 5.75 Å². The van der Waals surface area contributed by atoms with Gasteiger partial charge in [0.15, 0.2) is 0 Å². The van der Waals surface area contributed by atoms with Gasteiger partial charge in [-0.05, 0) is 17.7 Å². The molecule has 1 N–H and O–H groups in total. The van der Waals surface area contributed by atoms with Crippen molar-refractivity contribution < 1.29 is 51.9 Å². The summed E-state index contributed by atoms with van der Waals surface area (Å²) in [5.41, 5.74) is 0.347. The maximum Gasteiger partial charge on any atom is 0.450 e. The van der Waals surface area contributed by atoms with Gasteiger partial charge in [-0.1, -0.05) is 24.8 Å². The fourth-order valence-corrected chi connectivity index (χ4v) is 2.75. The normalized spacial score (nSPS) is 14.2. The van der Waals surface area contributed by atoms with Gasteiger partial charge in [0, 0.05) is 0 Å². The summed E-state index contributed by atoms with van der Waals surface area (Å²) in [7, 11) is -13.9. The van der Waals surface area contributed by atoms with Crippen LogP contribution in [0.25, 0.3) is 6.08 Å². The van der Waals surface area contributed by atoms with E-state index in [1.54, 1.807) is 0 Å². The van der Waals surface area contributed by atoms with Gasteiger partial charge >= 0.3 is 36.7 Å². The van der Waals surface area contributed by atoms with E-state index in [1.165, 1.54) is 6.08 Å². The zero-order chi connectivity index (χ0) is 19.9. The second-order valence-corrected chi connectivity index (χ2v) is 7.44. The first-order valence-corrected chi connectivity index (χ1v) is 8.63. The van der Waals surface area contributed by atoms with Crippen molar-refractivity contribution in [3.8, 4) is 5.75 Å². The summed E-state index contributed by atoms with van der Waals surface area (Å²) in [5, 5.41) is -13.5. The molecular formula is C11H8F6O6S2. The minimum Gasteiger partial charge on any atom is -0.378 e. The molecule has 0 aliphatic rings. The standard InChI is InChI=1S/C11H8F6O6S2/c1-2-7-3-5-8(6-4-7)23-25(21,22)11(16,17)9(12,13)10(14,15)24(18,19)20/h2-6H,1H2,(H,18,19,20). The molecule has 1 aromatic carbocycles. The minimum atomic E-state index is -7.08. The van der Waals surface area contributed by atoms with Crippen LogP contribution in [-0.2, 0) is 20.2 Å². The fraction of sp³-hybridized carbons (Fsp3) is 0.273. The SMILES string of the molecule is C=Cc1ccc(OS(=O)(=O)C(F)(F)C(F)(F)C(F)(F)S(=O)(=O)O)cc1. The first-order chi connectivity index (χ1) is 11.0. The number of alkyl halides is 6.